The molecule has 0 radical (unpaired) electrons. The Labute approximate surface area is 162 Å². The number of hydrogen-bond donors (Lipinski definition) is 4. The van der Waals surface area contributed by atoms with Crippen LogP contribution in [-0.2, 0) is 16.4 Å². The lowest BCUT2D eigenvalue weighted by molar-refractivity contribution is 0.250. The third-order valence-electron chi connectivity index (χ3n) is 3.62. The van der Waals surface area contributed by atoms with E-state index in [9.17, 15) is 13.2 Å². The number of nitrogens with one attached hydrogen (secondary N) is 4. The van der Waals surface area contributed by atoms with Gasteiger partial charge in [0.1, 0.15) is 9.84 Å². The van der Waals surface area contributed by atoms with Crippen molar-refractivity contribution in [3.05, 3.63) is 29.8 Å². The van der Waals surface area contributed by atoms with Gasteiger partial charge in [-0.05, 0) is 44.9 Å². The van der Waals surface area contributed by atoms with E-state index < -0.39 is 9.84 Å². The zero-order chi connectivity index (χ0) is 20.4. The van der Waals surface area contributed by atoms with E-state index in [1.165, 1.54) is 6.26 Å². The van der Waals surface area contributed by atoms with Crippen molar-refractivity contribution in [2.24, 2.45) is 4.99 Å². The number of anilines is 1. The number of benzene rings is 1. The first-order valence-electron chi connectivity index (χ1n) is 8.90. The van der Waals surface area contributed by atoms with Crippen LogP contribution in [0.4, 0.5) is 10.5 Å². The third-order valence-corrected chi connectivity index (χ3v) is 4.60. The summed E-state index contributed by atoms with van der Waals surface area (Å²) in [6.45, 7) is 6.27. The second kappa shape index (κ2) is 10.8. The minimum atomic E-state index is -2.97. The minimum absolute atomic E-state index is 0.0167. The van der Waals surface area contributed by atoms with Crippen molar-refractivity contribution in [3.8, 4) is 0 Å². The van der Waals surface area contributed by atoms with Crippen LogP contribution >= 0.6 is 0 Å². The number of rotatable bonds is 8. The van der Waals surface area contributed by atoms with Crippen molar-refractivity contribution >= 4 is 27.5 Å². The molecule has 152 valence electrons. The van der Waals surface area contributed by atoms with Crippen LogP contribution in [0.1, 0.15) is 32.8 Å². The van der Waals surface area contributed by atoms with Crippen LogP contribution in [0, 0.1) is 0 Å². The Bertz CT molecular complexity index is 730. The second-order valence-electron chi connectivity index (χ2n) is 6.84. The molecule has 0 aliphatic heterocycles. The van der Waals surface area contributed by atoms with Crippen molar-refractivity contribution in [2.45, 2.75) is 45.8 Å². The molecule has 0 bridgehead atoms. The highest BCUT2D eigenvalue weighted by molar-refractivity contribution is 7.90. The van der Waals surface area contributed by atoms with Crippen molar-refractivity contribution in [3.63, 3.8) is 0 Å². The monoisotopic (exact) mass is 397 g/mol. The molecule has 1 aromatic rings. The lowest BCUT2D eigenvalue weighted by atomic mass is 10.2. The first-order chi connectivity index (χ1) is 12.6. The number of nitrogens with zero attached hydrogens (tertiary/aromatic N) is 1. The van der Waals surface area contributed by atoms with E-state index in [1.54, 1.807) is 7.05 Å². The number of aliphatic imine (C=N–C) groups is 1. The number of carbonyl (C=O) groups excluding carboxylic acids is 1. The Morgan fingerprint density at radius 2 is 1.74 bits per heavy atom. The molecule has 0 fully saturated rings. The molecule has 4 N–H and O–H groups in total. The van der Waals surface area contributed by atoms with Gasteiger partial charge in [0.2, 0.25) is 0 Å². The van der Waals surface area contributed by atoms with Crippen molar-refractivity contribution in [1.82, 2.24) is 16.0 Å². The average molecular weight is 398 g/mol. The molecule has 27 heavy (non-hydrogen) atoms. The Kier molecular flexibility index (Phi) is 9.07. The number of urea groups is 1. The van der Waals surface area contributed by atoms with Crippen molar-refractivity contribution in [1.29, 1.82) is 0 Å². The summed E-state index contributed by atoms with van der Waals surface area (Å²) in [5, 5.41) is 11.9. The molecule has 8 nitrogen and oxygen atoms in total. The SMILES string of the molecule is CN=C(NCc1ccc(NC(=O)NC(C)C)cc1)NC(C)CCS(C)(=O)=O. The van der Waals surface area contributed by atoms with E-state index in [-0.39, 0.29) is 23.9 Å². The summed E-state index contributed by atoms with van der Waals surface area (Å²) in [6.07, 6.45) is 1.75. The van der Waals surface area contributed by atoms with Crippen LogP contribution < -0.4 is 21.3 Å². The molecule has 0 heterocycles. The maximum atomic E-state index is 11.7. The summed E-state index contributed by atoms with van der Waals surface area (Å²) >= 11 is 0. The highest BCUT2D eigenvalue weighted by atomic mass is 32.2. The second-order valence-corrected chi connectivity index (χ2v) is 9.10. The van der Waals surface area contributed by atoms with Crippen LogP contribution in [0.2, 0.25) is 0 Å². The first kappa shape index (κ1) is 22.8. The van der Waals surface area contributed by atoms with E-state index in [4.69, 9.17) is 0 Å². The molecule has 0 spiro atoms. The minimum Gasteiger partial charge on any atom is -0.354 e. The van der Waals surface area contributed by atoms with Crippen LogP contribution in [-0.4, -0.2) is 51.5 Å². The van der Waals surface area contributed by atoms with E-state index >= 15 is 0 Å². The Hall–Kier alpha value is -2.29. The van der Waals surface area contributed by atoms with Crippen molar-refractivity contribution < 1.29 is 13.2 Å². The summed E-state index contributed by atoms with van der Waals surface area (Å²) in [5.41, 5.74) is 1.74. The molecular formula is C18H31N5O3S. The molecule has 0 aliphatic rings. The summed E-state index contributed by atoms with van der Waals surface area (Å²) in [7, 11) is -1.31. The number of carbonyl (C=O) groups is 1. The number of amides is 2. The summed E-state index contributed by atoms with van der Waals surface area (Å²) in [5.74, 6) is 0.742. The van der Waals surface area contributed by atoms with E-state index in [0.29, 0.717) is 24.6 Å². The van der Waals surface area contributed by atoms with Gasteiger partial charge in [0.15, 0.2) is 5.96 Å². The number of guanidine groups is 1. The highest BCUT2D eigenvalue weighted by Crippen LogP contribution is 2.09. The lowest BCUT2D eigenvalue weighted by Crippen LogP contribution is -2.42. The molecule has 0 saturated carbocycles. The quantitative estimate of drug-likeness (QED) is 0.394. The van der Waals surface area contributed by atoms with Gasteiger partial charge in [-0.3, -0.25) is 4.99 Å². The van der Waals surface area contributed by atoms with Gasteiger partial charge >= 0.3 is 6.03 Å². The average Bonchev–Trinajstić information content (AvgIpc) is 2.56. The van der Waals surface area contributed by atoms with Gasteiger partial charge in [-0.2, -0.15) is 0 Å². The summed E-state index contributed by atoms with van der Waals surface area (Å²) < 4.78 is 22.5. The number of hydrogen-bond acceptors (Lipinski definition) is 4. The molecule has 1 aromatic carbocycles. The largest absolute Gasteiger partial charge is 0.354 e. The zero-order valence-electron chi connectivity index (χ0n) is 16.7. The molecule has 0 saturated heterocycles. The van der Waals surface area contributed by atoms with Crippen LogP contribution in [0.3, 0.4) is 0 Å². The third kappa shape index (κ3) is 10.4. The van der Waals surface area contributed by atoms with Gasteiger partial charge in [0.25, 0.3) is 0 Å². The van der Waals surface area contributed by atoms with Crippen LogP contribution in [0.5, 0.6) is 0 Å². The molecule has 9 heteroatoms. The molecule has 1 rings (SSSR count). The van der Waals surface area contributed by atoms with Gasteiger partial charge in [0, 0.05) is 37.6 Å². The summed E-state index contributed by atoms with van der Waals surface area (Å²) in [4.78, 5) is 15.8. The Morgan fingerprint density at radius 3 is 2.26 bits per heavy atom. The normalized spacial score (nSPS) is 13.2. The van der Waals surface area contributed by atoms with Crippen LogP contribution in [0.25, 0.3) is 0 Å². The van der Waals surface area contributed by atoms with Gasteiger partial charge < -0.3 is 21.3 Å². The number of sulfone groups is 1. The smallest absolute Gasteiger partial charge is 0.319 e. The van der Waals surface area contributed by atoms with Gasteiger partial charge in [-0.15, -0.1) is 0 Å². The predicted molar refractivity (Wildman–Crippen MR) is 111 cm³/mol. The fourth-order valence-corrected chi connectivity index (χ4v) is 2.99. The summed E-state index contributed by atoms with van der Waals surface area (Å²) in [6, 6.07) is 7.33. The first-order valence-corrected chi connectivity index (χ1v) is 11.0. The van der Waals surface area contributed by atoms with Gasteiger partial charge in [-0.25, -0.2) is 13.2 Å². The van der Waals surface area contributed by atoms with Gasteiger partial charge in [0.05, 0.1) is 5.75 Å². The lowest BCUT2D eigenvalue weighted by Gasteiger charge is -2.17. The van der Waals surface area contributed by atoms with Crippen LogP contribution in [0.15, 0.2) is 29.3 Å². The van der Waals surface area contributed by atoms with E-state index in [0.717, 1.165) is 5.56 Å². The zero-order valence-corrected chi connectivity index (χ0v) is 17.5. The standard InChI is InChI=1S/C18H31N5O3S/c1-13(2)21-18(24)23-16-8-6-15(7-9-16)12-20-17(19-4)22-14(3)10-11-27(5,25)26/h6-9,13-14H,10-12H2,1-5H3,(H2,19,20,22)(H2,21,23,24). The van der Waals surface area contributed by atoms with Gasteiger partial charge in [-0.1, -0.05) is 12.1 Å². The fourth-order valence-electron chi connectivity index (χ4n) is 2.21. The Morgan fingerprint density at radius 1 is 1.11 bits per heavy atom. The topological polar surface area (TPSA) is 112 Å². The van der Waals surface area contributed by atoms with E-state index in [2.05, 4.69) is 26.3 Å². The maximum Gasteiger partial charge on any atom is 0.319 e. The molecular weight excluding hydrogens is 366 g/mol. The fraction of sp³-hybridized carbons (Fsp3) is 0.556. The molecule has 1 unspecified atom stereocenters. The maximum absolute atomic E-state index is 11.7. The molecule has 0 aliphatic carbocycles. The molecule has 0 aromatic heterocycles. The predicted octanol–water partition coefficient (Wildman–Crippen LogP) is 1.70. The Balaban J connectivity index is 2.47. The van der Waals surface area contributed by atoms with Crippen molar-refractivity contribution in [2.75, 3.05) is 24.4 Å². The van der Waals surface area contributed by atoms with E-state index in [1.807, 2.05) is 45.0 Å². The highest BCUT2D eigenvalue weighted by Gasteiger charge is 2.09. The molecule has 1 atom stereocenters. The molecule has 2 amide bonds.